The van der Waals surface area contributed by atoms with Crippen molar-refractivity contribution in [3.63, 3.8) is 0 Å². The highest BCUT2D eigenvalue weighted by molar-refractivity contribution is 7.89. The molecule has 19 heavy (non-hydrogen) atoms. The molecule has 0 aliphatic carbocycles. The number of hydrogen-bond donors (Lipinski definition) is 1. The minimum atomic E-state index is -3.96. The van der Waals surface area contributed by atoms with Gasteiger partial charge in [0.1, 0.15) is 16.5 Å². The first-order valence-corrected chi connectivity index (χ1v) is 7.37. The Morgan fingerprint density at radius 1 is 1.32 bits per heavy atom. The summed E-state index contributed by atoms with van der Waals surface area (Å²) in [4.78, 5) is -0.557. The maximum absolute atomic E-state index is 13.3. The van der Waals surface area contributed by atoms with Gasteiger partial charge in [0, 0.05) is 19.2 Å². The van der Waals surface area contributed by atoms with Gasteiger partial charge in [-0.2, -0.15) is 0 Å². The quantitative estimate of drug-likeness (QED) is 0.783. The Hall–Kier alpha value is -1.05. The predicted molar refractivity (Wildman–Crippen MR) is 67.3 cm³/mol. The van der Waals surface area contributed by atoms with Crippen LogP contribution in [0.25, 0.3) is 0 Å². The van der Waals surface area contributed by atoms with Gasteiger partial charge in [-0.25, -0.2) is 21.9 Å². The van der Waals surface area contributed by atoms with Crippen molar-refractivity contribution in [2.45, 2.75) is 31.3 Å². The largest absolute Gasteiger partial charge is 0.379 e. The lowest BCUT2D eigenvalue weighted by molar-refractivity contribution is 0.0778. The van der Waals surface area contributed by atoms with Crippen LogP contribution in [0.4, 0.5) is 8.78 Å². The van der Waals surface area contributed by atoms with Crippen molar-refractivity contribution in [3.8, 4) is 0 Å². The van der Waals surface area contributed by atoms with E-state index in [2.05, 4.69) is 4.72 Å². The van der Waals surface area contributed by atoms with E-state index in [0.29, 0.717) is 19.1 Å². The molecule has 0 saturated heterocycles. The molecule has 4 nitrogen and oxygen atoms in total. The van der Waals surface area contributed by atoms with Crippen LogP contribution in [0.3, 0.4) is 0 Å². The molecule has 0 atom stereocenters. The fourth-order valence-electron chi connectivity index (χ4n) is 1.37. The van der Waals surface area contributed by atoms with Crippen LogP contribution < -0.4 is 4.72 Å². The first-order valence-electron chi connectivity index (χ1n) is 5.89. The van der Waals surface area contributed by atoms with Crippen molar-refractivity contribution in [2.75, 3.05) is 13.2 Å². The van der Waals surface area contributed by atoms with Crippen LogP contribution in [0.15, 0.2) is 23.1 Å². The van der Waals surface area contributed by atoms with Crippen LogP contribution >= 0.6 is 0 Å². The summed E-state index contributed by atoms with van der Waals surface area (Å²) in [5.74, 6) is -1.92. The summed E-state index contributed by atoms with van der Waals surface area (Å²) in [7, 11) is -3.96. The lowest BCUT2D eigenvalue weighted by Crippen LogP contribution is -2.26. The molecule has 108 valence electrons. The molecule has 0 aromatic heterocycles. The molecule has 1 rings (SSSR count). The molecule has 0 aliphatic rings. The molecule has 0 fully saturated rings. The van der Waals surface area contributed by atoms with Crippen molar-refractivity contribution in [2.24, 2.45) is 0 Å². The van der Waals surface area contributed by atoms with E-state index in [1.807, 2.05) is 13.8 Å². The zero-order valence-electron chi connectivity index (χ0n) is 10.8. The average molecular weight is 293 g/mol. The number of benzene rings is 1. The molecule has 0 spiro atoms. The van der Waals surface area contributed by atoms with Crippen molar-refractivity contribution in [3.05, 3.63) is 29.8 Å². The van der Waals surface area contributed by atoms with Crippen molar-refractivity contribution >= 4 is 10.0 Å². The molecule has 1 aromatic carbocycles. The summed E-state index contributed by atoms with van der Waals surface area (Å²) >= 11 is 0. The topological polar surface area (TPSA) is 55.4 Å². The Labute approximate surface area is 111 Å². The molecule has 0 bridgehead atoms. The SMILES string of the molecule is CC(C)OCCCNS(=O)(=O)c1ccc(F)cc1F. The van der Waals surface area contributed by atoms with Crippen molar-refractivity contribution in [1.29, 1.82) is 0 Å². The fraction of sp³-hybridized carbons (Fsp3) is 0.500. The third-order valence-electron chi connectivity index (χ3n) is 2.25. The van der Waals surface area contributed by atoms with E-state index >= 15 is 0 Å². The molecule has 0 saturated carbocycles. The summed E-state index contributed by atoms with van der Waals surface area (Å²) < 4.78 is 57.0. The minimum Gasteiger partial charge on any atom is -0.379 e. The zero-order chi connectivity index (χ0) is 14.5. The number of nitrogens with one attached hydrogen (secondary N) is 1. The third-order valence-corrected chi connectivity index (χ3v) is 3.74. The lowest BCUT2D eigenvalue weighted by Gasteiger charge is -2.09. The molecular weight excluding hydrogens is 276 g/mol. The highest BCUT2D eigenvalue weighted by Crippen LogP contribution is 2.15. The summed E-state index contributed by atoms with van der Waals surface area (Å²) in [6, 6.07) is 2.34. The van der Waals surface area contributed by atoms with E-state index in [9.17, 15) is 17.2 Å². The molecule has 1 aromatic rings. The minimum absolute atomic E-state index is 0.0751. The van der Waals surface area contributed by atoms with Crippen molar-refractivity contribution in [1.82, 2.24) is 4.72 Å². The van der Waals surface area contributed by atoms with Crippen LogP contribution in [-0.4, -0.2) is 27.7 Å². The first kappa shape index (κ1) is 16.0. The van der Waals surface area contributed by atoms with Gasteiger partial charge in [-0.3, -0.25) is 0 Å². The highest BCUT2D eigenvalue weighted by Gasteiger charge is 2.18. The van der Waals surface area contributed by atoms with Gasteiger partial charge in [0.2, 0.25) is 10.0 Å². The maximum Gasteiger partial charge on any atom is 0.243 e. The molecule has 0 amide bonds. The molecule has 0 radical (unpaired) electrons. The van der Waals surface area contributed by atoms with E-state index in [1.54, 1.807) is 0 Å². The molecule has 1 N–H and O–H groups in total. The fourth-order valence-corrected chi connectivity index (χ4v) is 2.50. The highest BCUT2D eigenvalue weighted by atomic mass is 32.2. The van der Waals surface area contributed by atoms with E-state index in [1.165, 1.54) is 0 Å². The van der Waals surface area contributed by atoms with Gasteiger partial charge in [-0.15, -0.1) is 0 Å². The summed E-state index contributed by atoms with van der Waals surface area (Å²) in [6.07, 6.45) is 0.548. The Bertz CT molecular complexity index is 518. The standard InChI is InChI=1S/C12H17F2NO3S/c1-9(2)18-7-3-6-15-19(16,17)12-5-4-10(13)8-11(12)14/h4-5,8-9,15H,3,6-7H2,1-2H3. The number of ether oxygens (including phenoxy) is 1. The Morgan fingerprint density at radius 3 is 2.58 bits per heavy atom. The lowest BCUT2D eigenvalue weighted by atomic mass is 10.3. The van der Waals surface area contributed by atoms with Crippen LogP contribution in [-0.2, 0) is 14.8 Å². The second kappa shape index (κ2) is 6.93. The number of halogens is 2. The Morgan fingerprint density at radius 2 is 2.00 bits per heavy atom. The summed E-state index contributed by atoms with van der Waals surface area (Å²) in [5, 5.41) is 0. The zero-order valence-corrected chi connectivity index (χ0v) is 11.6. The number of sulfonamides is 1. The van der Waals surface area contributed by atoms with Gasteiger partial charge >= 0.3 is 0 Å². The van der Waals surface area contributed by atoms with Crippen molar-refractivity contribution < 1.29 is 21.9 Å². The monoisotopic (exact) mass is 293 g/mol. The van der Waals surface area contributed by atoms with E-state index < -0.39 is 26.6 Å². The number of hydrogen-bond acceptors (Lipinski definition) is 3. The molecular formula is C12H17F2NO3S. The smallest absolute Gasteiger partial charge is 0.243 e. The number of rotatable bonds is 7. The average Bonchev–Trinajstić information content (AvgIpc) is 2.27. The van der Waals surface area contributed by atoms with E-state index in [4.69, 9.17) is 4.74 Å². The van der Waals surface area contributed by atoms with Gasteiger partial charge in [-0.05, 0) is 32.4 Å². The normalized spacial score (nSPS) is 12.1. The molecule has 0 heterocycles. The first-order chi connectivity index (χ1) is 8.83. The van der Waals surface area contributed by atoms with Crippen LogP contribution in [0.5, 0.6) is 0 Å². The second-order valence-electron chi connectivity index (χ2n) is 4.25. The van der Waals surface area contributed by atoms with Gasteiger partial charge < -0.3 is 4.74 Å². The van der Waals surface area contributed by atoms with Gasteiger partial charge in [0.25, 0.3) is 0 Å². The molecule has 0 aliphatic heterocycles. The van der Waals surface area contributed by atoms with Gasteiger partial charge in [0.05, 0.1) is 6.10 Å². The Balaban J connectivity index is 2.56. The van der Waals surface area contributed by atoms with Gasteiger partial charge in [-0.1, -0.05) is 0 Å². The predicted octanol–water partition coefficient (Wildman–Crippen LogP) is 2.06. The third kappa shape index (κ3) is 5.22. The Kier molecular flexibility index (Phi) is 5.84. The van der Waals surface area contributed by atoms with Crippen LogP contribution in [0, 0.1) is 11.6 Å². The van der Waals surface area contributed by atoms with E-state index in [0.717, 1.165) is 12.1 Å². The van der Waals surface area contributed by atoms with Gasteiger partial charge in [0.15, 0.2) is 0 Å². The second-order valence-corrected chi connectivity index (χ2v) is 5.98. The molecule has 0 unspecified atom stereocenters. The molecule has 7 heteroatoms. The maximum atomic E-state index is 13.3. The summed E-state index contributed by atoms with van der Waals surface area (Å²) in [6.45, 7) is 4.29. The summed E-state index contributed by atoms with van der Waals surface area (Å²) in [5.41, 5.74) is 0. The van der Waals surface area contributed by atoms with Crippen LogP contribution in [0.2, 0.25) is 0 Å². The van der Waals surface area contributed by atoms with E-state index in [-0.39, 0.29) is 12.6 Å². The van der Waals surface area contributed by atoms with Crippen LogP contribution in [0.1, 0.15) is 20.3 Å².